The molecule has 0 radical (unpaired) electrons. The first kappa shape index (κ1) is 18.9. The lowest BCUT2D eigenvalue weighted by Crippen LogP contribution is -2.32. The third-order valence-corrected chi connectivity index (χ3v) is 5.97. The van der Waals surface area contributed by atoms with Gasteiger partial charge in [0, 0.05) is 63.3 Å². The summed E-state index contributed by atoms with van der Waals surface area (Å²) in [7, 11) is 5.68. The summed E-state index contributed by atoms with van der Waals surface area (Å²) in [6.45, 7) is 3.62. The van der Waals surface area contributed by atoms with Gasteiger partial charge in [-0.1, -0.05) is 5.21 Å². The van der Waals surface area contributed by atoms with Crippen molar-refractivity contribution >= 4 is 6.21 Å². The zero-order valence-electron chi connectivity index (χ0n) is 16.9. The highest BCUT2D eigenvalue weighted by atomic mass is 16.5. The van der Waals surface area contributed by atoms with Gasteiger partial charge in [-0.3, -0.25) is 9.99 Å². The molecule has 0 spiro atoms. The van der Waals surface area contributed by atoms with Crippen molar-refractivity contribution in [3.63, 3.8) is 0 Å². The van der Waals surface area contributed by atoms with Gasteiger partial charge in [0.1, 0.15) is 11.9 Å². The van der Waals surface area contributed by atoms with Crippen LogP contribution in [0.4, 0.5) is 0 Å². The van der Waals surface area contributed by atoms with Gasteiger partial charge in [-0.05, 0) is 31.7 Å². The normalized spacial score (nSPS) is 25.9. The zero-order chi connectivity index (χ0) is 19.7. The summed E-state index contributed by atoms with van der Waals surface area (Å²) in [4.78, 5) is 4.40. The second kappa shape index (κ2) is 7.87. The molecule has 4 unspecified atom stereocenters. The van der Waals surface area contributed by atoms with E-state index in [0.717, 1.165) is 48.7 Å². The van der Waals surface area contributed by atoms with Crippen molar-refractivity contribution in [1.82, 2.24) is 25.0 Å². The standard InChI is InChI=1S/C20H28N6O2/c1-13-20(26(3)24-23-13)18-9-14(6-8-28-18)19(15-10-22-25(2)12-15)16-11-21-7-5-17(16)27-4/h5,7,10-11,14-15,18-19H,6,8-9,12H2,1-4H3. The highest BCUT2D eigenvalue weighted by Crippen LogP contribution is 2.45. The van der Waals surface area contributed by atoms with Crippen LogP contribution in [0.15, 0.2) is 23.6 Å². The minimum Gasteiger partial charge on any atom is -0.496 e. The van der Waals surface area contributed by atoms with Crippen LogP contribution in [0.3, 0.4) is 0 Å². The van der Waals surface area contributed by atoms with E-state index < -0.39 is 0 Å². The highest BCUT2D eigenvalue weighted by molar-refractivity contribution is 5.65. The fourth-order valence-corrected chi connectivity index (χ4v) is 4.72. The molecular formula is C20H28N6O2. The van der Waals surface area contributed by atoms with E-state index in [1.54, 1.807) is 13.3 Å². The van der Waals surface area contributed by atoms with Crippen LogP contribution in [0.2, 0.25) is 0 Å². The van der Waals surface area contributed by atoms with Crippen molar-refractivity contribution in [2.45, 2.75) is 31.8 Å². The average Bonchev–Trinajstić information content (AvgIpc) is 3.28. The first-order valence-electron chi connectivity index (χ1n) is 9.79. The Hall–Kier alpha value is -2.48. The summed E-state index contributed by atoms with van der Waals surface area (Å²) < 4.78 is 13.7. The Morgan fingerprint density at radius 2 is 2.18 bits per heavy atom. The van der Waals surface area contributed by atoms with E-state index in [0.29, 0.717) is 11.8 Å². The van der Waals surface area contributed by atoms with Gasteiger partial charge in [0.25, 0.3) is 0 Å². The van der Waals surface area contributed by atoms with Gasteiger partial charge in [-0.15, -0.1) is 5.10 Å². The fourth-order valence-electron chi connectivity index (χ4n) is 4.72. The van der Waals surface area contributed by atoms with Crippen molar-refractivity contribution in [2.24, 2.45) is 24.0 Å². The van der Waals surface area contributed by atoms with Crippen molar-refractivity contribution in [2.75, 3.05) is 27.3 Å². The van der Waals surface area contributed by atoms with Crippen molar-refractivity contribution in [1.29, 1.82) is 0 Å². The molecular weight excluding hydrogens is 356 g/mol. The molecule has 1 saturated heterocycles. The second-order valence-corrected chi connectivity index (χ2v) is 7.74. The van der Waals surface area contributed by atoms with E-state index in [9.17, 15) is 0 Å². The summed E-state index contributed by atoms with van der Waals surface area (Å²) >= 11 is 0. The van der Waals surface area contributed by atoms with Crippen LogP contribution < -0.4 is 4.74 Å². The predicted octanol–water partition coefficient (Wildman–Crippen LogP) is 2.33. The van der Waals surface area contributed by atoms with Gasteiger partial charge in [-0.25, -0.2) is 4.68 Å². The first-order chi connectivity index (χ1) is 13.6. The SMILES string of the molecule is COc1ccncc1C(C1C=NN(C)C1)C1CCOC(c2c(C)nnn2C)C1. The summed E-state index contributed by atoms with van der Waals surface area (Å²) in [5.74, 6) is 1.90. The fraction of sp³-hybridized carbons (Fsp3) is 0.600. The van der Waals surface area contributed by atoms with Crippen LogP contribution in [-0.4, -0.2) is 58.5 Å². The molecule has 28 heavy (non-hydrogen) atoms. The lowest BCUT2D eigenvalue weighted by Gasteiger charge is -2.37. The molecule has 0 aliphatic carbocycles. The topological polar surface area (TPSA) is 77.7 Å². The van der Waals surface area contributed by atoms with Crippen LogP contribution in [0.1, 0.15) is 41.8 Å². The molecule has 4 rings (SSSR count). The van der Waals surface area contributed by atoms with Gasteiger partial charge < -0.3 is 9.47 Å². The molecule has 2 aliphatic heterocycles. The highest BCUT2D eigenvalue weighted by Gasteiger charge is 2.39. The molecule has 1 fully saturated rings. The van der Waals surface area contributed by atoms with E-state index >= 15 is 0 Å². The number of hydrogen-bond acceptors (Lipinski definition) is 7. The maximum absolute atomic E-state index is 6.15. The summed E-state index contributed by atoms with van der Waals surface area (Å²) in [5, 5.41) is 14.9. The number of ether oxygens (including phenoxy) is 2. The molecule has 0 bridgehead atoms. The van der Waals surface area contributed by atoms with Crippen LogP contribution in [0.5, 0.6) is 5.75 Å². The van der Waals surface area contributed by atoms with Crippen molar-refractivity contribution in [3.8, 4) is 5.75 Å². The van der Waals surface area contributed by atoms with E-state index in [4.69, 9.17) is 9.47 Å². The van der Waals surface area contributed by atoms with Crippen LogP contribution in [0.25, 0.3) is 0 Å². The predicted molar refractivity (Wildman–Crippen MR) is 105 cm³/mol. The third kappa shape index (κ3) is 3.48. The van der Waals surface area contributed by atoms with Crippen molar-refractivity contribution in [3.05, 3.63) is 35.4 Å². The van der Waals surface area contributed by atoms with E-state index in [1.165, 1.54) is 0 Å². The lowest BCUT2D eigenvalue weighted by molar-refractivity contribution is -0.0237. The minimum atomic E-state index is -0.0000113. The maximum atomic E-state index is 6.15. The number of aryl methyl sites for hydroxylation is 2. The molecule has 4 heterocycles. The Labute approximate surface area is 165 Å². The largest absolute Gasteiger partial charge is 0.496 e. The number of aromatic nitrogens is 4. The molecule has 0 amide bonds. The van der Waals surface area contributed by atoms with E-state index in [2.05, 4.69) is 26.6 Å². The van der Waals surface area contributed by atoms with Gasteiger partial charge in [0.2, 0.25) is 0 Å². The Bertz CT molecular complexity index is 831. The first-order valence-corrected chi connectivity index (χ1v) is 9.79. The van der Waals surface area contributed by atoms with Gasteiger partial charge >= 0.3 is 0 Å². The molecule has 0 N–H and O–H groups in total. The molecule has 0 saturated carbocycles. The van der Waals surface area contributed by atoms with Gasteiger partial charge in [-0.2, -0.15) is 5.10 Å². The molecule has 2 aromatic heterocycles. The van der Waals surface area contributed by atoms with E-state index in [-0.39, 0.29) is 12.0 Å². The van der Waals surface area contributed by atoms with Crippen LogP contribution in [0, 0.1) is 18.8 Å². The average molecular weight is 384 g/mol. The number of methoxy groups -OCH3 is 1. The van der Waals surface area contributed by atoms with Gasteiger partial charge in [0.15, 0.2) is 0 Å². The quantitative estimate of drug-likeness (QED) is 0.787. The third-order valence-electron chi connectivity index (χ3n) is 5.97. The molecule has 150 valence electrons. The van der Waals surface area contributed by atoms with E-state index in [1.807, 2.05) is 43.0 Å². The summed E-state index contributed by atoms with van der Waals surface area (Å²) in [6.07, 6.45) is 7.73. The van der Waals surface area contributed by atoms with Crippen LogP contribution >= 0.6 is 0 Å². The second-order valence-electron chi connectivity index (χ2n) is 7.74. The van der Waals surface area contributed by atoms with Gasteiger partial charge in [0.05, 0.1) is 18.5 Å². The minimum absolute atomic E-state index is 0.0000113. The smallest absolute Gasteiger partial charge is 0.125 e. The molecule has 8 heteroatoms. The molecule has 2 aliphatic rings. The number of rotatable bonds is 5. The Kier molecular flexibility index (Phi) is 5.30. The zero-order valence-corrected chi connectivity index (χ0v) is 16.9. The summed E-state index contributed by atoms with van der Waals surface area (Å²) in [6, 6.07) is 1.95. The number of pyridine rings is 1. The Balaban J connectivity index is 1.67. The number of nitrogens with zero attached hydrogens (tertiary/aromatic N) is 6. The Morgan fingerprint density at radius 3 is 2.86 bits per heavy atom. The Morgan fingerprint density at radius 1 is 1.32 bits per heavy atom. The molecule has 8 nitrogen and oxygen atoms in total. The number of hydrogen-bond donors (Lipinski definition) is 0. The monoisotopic (exact) mass is 384 g/mol. The van der Waals surface area contributed by atoms with Crippen LogP contribution in [-0.2, 0) is 11.8 Å². The van der Waals surface area contributed by atoms with Crippen molar-refractivity contribution < 1.29 is 9.47 Å². The lowest BCUT2D eigenvalue weighted by atomic mass is 9.72. The molecule has 0 aromatic carbocycles. The number of hydrazone groups is 1. The maximum Gasteiger partial charge on any atom is 0.125 e. The molecule has 4 atom stereocenters. The summed E-state index contributed by atoms with van der Waals surface area (Å²) in [5.41, 5.74) is 3.16. The molecule has 2 aromatic rings.